The molecule has 4 heteroatoms. The van der Waals surface area contributed by atoms with Crippen LogP contribution in [0.3, 0.4) is 0 Å². The molecule has 0 radical (unpaired) electrons. The normalized spacial score (nSPS) is 21.6. The fourth-order valence-electron chi connectivity index (χ4n) is 2.81. The fourth-order valence-corrected chi connectivity index (χ4v) is 3.17. The van der Waals surface area contributed by atoms with Gasteiger partial charge in [0.2, 0.25) is 0 Å². The molecule has 0 saturated heterocycles. The average molecular weight is 344 g/mol. The first-order valence-corrected chi connectivity index (χ1v) is 7.96. The SMILES string of the molecule is CCCNC(c1cc(Br)c(F)cc1OC)C1CC1(C)C. The van der Waals surface area contributed by atoms with Gasteiger partial charge in [0, 0.05) is 17.7 Å². The molecule has 1 aliphatic carbocycles. The second kappa shape index (κ2) is 6.02. The van der Waals surface area contributed by atoms with Crippen LogP contribution in [-0.2, 0) is 0 Å². The highest BCUT2D eigenvalue weighted by molar-refractivity contribution is 9.10. The monoisotopic (exact) mass is 343 g/mol. The molecule has 112 valence electrons. The Bertz CT molecular complexity index is 490. The zero-order valence-corrected chi connectivity index (χ0v) is 14.2. The van der Waals surface area contributed by atoms with Gasteiger partial charge in [-0.05, 0) is 52.7 Å². The van der Waals surface area contributed by atoms with Gasteiger partial charge in [0.25, 0.3) is 0 Å². The Morgan fingerprint density at radius 1 is 1.50 bits per heavy atom. The highest BCUT2D eigenvalue weighted by atomic mass is 79.9. The molecule has 1 aromatic rings. The van der Waals surface area contributed by atoms with Crippen LogP contribution in [0.25, 0.3) is 0 Å². The van der Waals surface area contributed by atoms with E-state index in [1.807, 2.05) is 6.07 Å². The van der Waals surface area contributed by atoms with Gasteiger partial charge in [-0.15, -0.1) is 0 Å². The first-order valence-electron chi connectivity index (χ1n) is 7.17. The van der Waals surface area contributed by atoms with Gasteiger partial charge in [0.1, 0.15) is 11.6 Å². The Morgan fingerprint density at radius 2 is 2.15 bits per heavy atom. The molecule has 2 atom stereocenters. The molecule has 1 aromatic carbocycles. The molecule has 0 amide bonds. The molecule has 0 heterocycles. The molecule has 1 aliphatic rings. The van der Waals surface area contributed by atoms with Crippen LogP contribution in [0.15, 0.2) is 16.6 Å². The number of halogens is 2. The Hall–Kier alpha value is -0.610. The minimum Gasteiger partial charge on any atom is -0.496 e. The van der Waals surface area contributed by atoms with E-state index in [2.05, 4.69) is 42.0 Å². The van der Waals surface area contributed by atoms with E-state index < -0.39 is 0 Å². The predicted octanol–water partition coefficient (Wildman–Crippen LogP) is 4.68. The lowest BCUT2D eigenvalue weighted by molar-refractivity contribution is 0.372. The number of rotatable bonds is 6. The summed E-state index contributed by atoms with van der Waals surface area (Å²) >= 11 is 3.29. The first kappa shape index (κ1) is 15.8. The third-order valence-corrected chi connectivity index (χ3v) is 4.82. The van der Waals surface area contributed by atoms with Crippen molar-refractivity contribution in [2.24, 2.45) is 11.3 Å². The summed E-state index contributed by atoms with van der Waals surface area (Å²) in [5.74, 6) is 0.914. The maximum absolute atomic E-state index is 13.7. The maximum Gasteiger partial charge on any atom is 0.141 e. The second-order valence-electron chi connectivity index (χ2n) is 6.24. The Morgan fingerprint density at radius 3 is 2.65 bits per heavy atom. The van der Waals surface area contributed by atoms with Crippen LogP contribution >= 0.6 is 15.9 Å². The summed E-state index contributed by atoms with van der Waals surface area (Å²) < 4.78 is 19.6. The molecule has 2 rings (SSSR count). The molecule has 2 nitrogen and oxygen atoms in total. The summed E-state index contributed by atoms with van der Waals surface area (Å²) in [6.45, 7) is 7.67. The van der Waals surface area contributed by atoms with Crippen molar-refractivity contribution in [1.29, 1.82) is 0 Å². The molecule has 0 aliphatic heterocycles. The van der Waals surface area contributed by atoms with E-state index in [0.717, 1.165) is 18.5 Å². The van der Waals surface area contributed by atoms with E-state index in [4.69, 9.17) is 4.74 Å². The molecule has 0 aromatic heterocycles. The number of methoxy groups -OCH3 is 1. The zero-order valence-electron chi connectivity index (χ0n) is 12.6. The van der Waals surface area contributed by atoms with Crippen molar-refractivity contribution in [3.8, 4) is 5.75 Å². The smallest absolute Gasteiger partial charge is 0.141 e. The third-order valence-electron chi connectivity index (χ3n) is 4.21. The minimum atomic E-state index is -0.283. The van der Waals surface area contributed by atoms with E-state index in [9.17, 15) is 4.39 Å². The second-order valence-corrected chi connectivity index (χ2v) is 7.09. The quantitative estimate of drug-likeness (QED) is 0.809. The Balaban J connectivity index is 2.35. The van der Waals surface area contributed by atoms with E-state index >= 15 is 0 Å². The molecule has 1 N–H and O–H groups in total. The van der Waals surface area contributed by atoms with Crippen LogP contribution in [0.4, 0.5) is 4.39 Å². The van der Waals surface area contributed by atoms with E-state index in [-0.39, 0.29) is 11.9 Å². The molecular formula is C16H23BrFNO. The summed E-state index contributed by atoms with van der Waals surface area (Å²) in [6, 6.07) is 3.54. The van der Waals surface area contributed by atoms with Gasteiger partial charge >= 0.3 is 0 Å². The van der Waals surface area contributed by atoms with Crippen LogP contribution in [0.5, 0.6) is 5.75 Å². The van der Waals surface area contributed by atoms with Crippen molar-refractivity contribution < 1.29 is 9.13 Å². The standard InChI is InChI=1S/C16H23BrFNO/c1-5-6-19-15(11-9-16(11,2)3)10-7-12(17)13(18)8-14(10)20-4/h7-8,11,15,19H,5-6,9H2,1-4H3. The predicted molar refractivity (Wildman–Crippen MR) is 83.6 cm³/mol. The minimum absolute atomic E-state index is 0.219. The fraction of sp³-hybridized carbons (Fsp3) is 0.625. The zero-order chi connectivity index (χ0) is 14.9. The molecule has 2 unspecified atom stereocenters. The molecule has 20 heavy (non-hydrogen) atoms. The largest absolute Gasteiger partial charge is 0.496 e. The molecule has 0 bridgehead atoms. The van der Waals surface area contributed by atoms with Crippen LogP contribution < -0.4 is 10.1 Å². The maximum atomic E-state index is 13.7. The van der Waals surface area contributed by atoms with E-state index in [1.165, 1.54) is 12.5 Å². The number of hydrogen-bond donors (Lipinski definition) is 1. The van der Waals surface area contributed by atoms with Crippen molar-refractivity contribution in [2.45, 2.75) is 39.7 Å². The van der Waals surface area contributed by atoms with E-state index in [1.54, 1.807) is 7.11 Å². The average Bonchev–Trinajstić information content (AvgIpc) is 3.02. The van der Waals surface area contributed by atoms with Gasteiger partial charge in [-0.25, -0.2) is 4.39 Å². The molecular weight excluding hydrogens is 321 g/mol. The molecule has 1 saturated carbocycles. The summed E-state index contributed by atoms with van der Waals surface area (Å²) in [5, 5.41) is 3.60. The van der Waals surface area contributed by atoms with Crippen molar-refractivity contribution in [2.75, 3.05) is 13.7 Å². The summed E-state index contributed by atoms with van der Waals surface area (Å²) in [4.78, 5) is 0. The number of nitrogens with one attached hydrogen (secondary N) is 1. The Kier molecular flexibility index (Phi) is 4.75. The third kappa shape index (κ3) is 3.17. The molecule has 0 spiro atoms. The van der Waals surface area contributed by atoms with Gasteiger partial charge in [0.15, 0.2) is 0 Å². The molecule has 1 fully saturated rings. The lowest BCUT2D eigenvalue weighted by Gasteiger charge is -2.23. The van der Waals surface area contributed by atoms with E-state index in [0.29, 0.717) is 21.6 Å². The lowest BCUT2D eigenvalue weighted by Crippen LogP contribution is -2.26. The highest BCUT2D eigenvalue weighted by Crippen LogP contribution is 2.58. The van der Waals surface area contributed by atoms with Crippen molar-refractivity contribution in [3.63, 3.8) is 0 Å². The topological polar surface area (TPSA) is 21.3 Å². The number of ether oxygens (including phenoxy) is 1. The number of benzene rings is 1. The van der Waals surface area contributed by atoms with Gasteiger partial charge in [-0.2, -0.15) is 0 Å². The van der Waals surface area contributed by atoms with Gasteiger partial charge in [-0.3, -0.25) is 0 Å². The highest BCUT2D eigenvalue weighted by Gasteiger charge is 2.50. The van der Waals surface area contributed by atoms with Crippen LogP contribution in [0.2, 0.25) is 0 Å². The van der Waals surface area contributed by atoms with Gasteiger partial charge < -0.3 is 10.1 Å². The van der Waals surface area contributed by atoms with Crippen LogP contribution in [0.1, 0.15) is 45.2 Å². The van der Waals surface area contributed by atoms with Crippen molar-refractivity contribution in [1.82, 2.24) is 5.32 Å². The summed E-state index contributed by atoms with van der Waals surface area (Å²) in [5.41, 5.74) is 1.39. The summed E-state index contributed by atoms with van der Waals surface area (Å²) in [6.07, 6.45) is 2.26. The van der Waals surface area contributed by atoms with Crippen LogP contribution in [-0.4, -0.2) is 13.7 Å². The number of hydrogen-bond acceptors (Lipinski definition) is 2. The Labute approximate surface area is 129 Å². The first-order chi connectivity index (χ1) is 9.40. The van der Waals surface area contributed by atoms with Gasteiger partial charge in [0.05, 0.1) is 11.6 Å². The summed E-state index contributed by atoms with van der Waals surface area (Å²) in [7, 11) is 1.60. The van der Waals surface area contributed by atoms with Crippen molar-refractivity contribution >= 4 is 15.9 Å². The van der Waals surface area contributed by atoms with Gasteiger partial charge in [-0.1, -0.05) is 20.8 Å². The lowest BCUT2D eigenvalue weighted by atomic mass is 9.96. The van der Waals surface area contributed by atoms with Crippen molar-refractivity contribution in [3.05, 3.63) is 28.0 Å². The van der Waals surface area contributed by atoms with Crippen LogP contribution in [0, 0.1) is 17.2 Å².